The Balaban J connectivity index is 3.38. The maximum absolute atomic E-state index is 3.56. The summed E-state index contributed by atoms with van der Waals surface area (Å²) in [5.74, 6) is 2.99. The van der Waals surface area contributed by atoms with E-state index in [0.29, 0.717) is 0 Å². The number of hydrogen-bond acceptors (Lipinski definition) is 2. The van der Waals surface area contributed by atoms with Crippen LogP contribution in [0.15, 0.2) is 0 Å². The Bertz CT molecular complexity index is 115. The van der Waals surface area contributed by atoms with E-state index >= 15 is 0 Å². The van der Waals surface area contributed by atoms with Crippen LogP contribution in [-0.4, -0.2) is 25.1 Å². The molecule has 0 aromatic rings. The molecule has 0 spiro atoms. The molecule has 2 heteroatoms. The summed E-state index contributed by atoms with van der Waals surface area (Å²) in [6.45, 7) is 9.21. The van der Waals surface area contributed by atoms with Crippen LogP contribution in [0.4, 0.5) is 0 Å². The molecular weight excluding hydrogens is 190 g/mol. The van der Waals surface area contributed by atoms with Gasteiger partial charge in [-0.3, -0.25) is 0 Å². The zero-order valence-electron chi connectivity index (χ0n) is 10.3. The van der Waals surface area contributed by atoms with Crippen molar-refractivity contribution in [3.05, 3.63) is 0 Å². The second-order valence-electron chi connectivity index (χ2n) is 4.46. The largest absolute Gasteiger partial charge is 0.316 e. The molecule has 14 heavy (non-hydrogen) atoms. The van der Waals surface area contributed by atoms with Crippen molar-refractivity contribution < 1.29 is 0 Å². The molecule has 1 atom stereocenters. The third kappa shape index (κ3) is 8.89. The molecule has 0 aliphatic carbocycles. The molecule has 0 aliphatic heterocycles. The van der Waals surface area contributed by atoms with Crippen molar-refractivity contribution in [3.63, 3.8) is 0 Å². The minimum Gasteiger partial charge on any atom is -0.316 e. The molecule has 0 fully saturated rings. The van der Waals surface area contributed by atoms with E-state index in [2.05, 4.69) is 32.3 Å². The molecule has 1 unspecified atom stereocenters. The molecule has 1 N–H and O–H groups in total. The highest BCUT2D eigenvalue weighted by molar-refractivity contribution is 7.98. The summed E-state index contributed by atoms with van der Waals surface area (Å²) in [7, 11) is 0. The quantitative estimate of drug-likeness (QED) is 0.594. The Labute approximate surface area is 94.4 Å². The number of nitrogens with one attached hydrogen (secondary N) is 1. The first kappa shape index (κ1) is 14.3. The first-order valence-corrected chi connectivity index (χ1v) is 7.29. The lowest BCUT2D eigenvalue weighted by Gasteiger charge is -2.16. The molecule has 0 saturated heterocycles. The van der Waals surface area contributed by atoms with Gasteiger partial charge in [0.15, 0.2) is 0 Å². The molecule has 0 amide bonds. The summed E-state index contributed by atoms with van der Waals surface area (Å²) in [6.07, 6.45) is 6.28. The molecule has 0 aliphatic rings. The second-order valence-corrected chi connectivity index (χ2v) is 5.45. The normalized spacial score (nSPS) is 13.5. The van der Waals surface area contributed by atoms with E-state index in [4.69, 9.17) is 0 Å². The number of rotatable bonds is 9. The molecule has 86 valence electrons. The van der Waals surface area contributed by atoms with E-state index in [9.17, 15) is 0 Å². The molecule has 0 aromatic carbocycles. The Morgan fingerprint density at radius 3 is 2.43 bits per heavy atom. The van der Waals surface area contributed by atoms with Crippen LogP contribution in [0.2, 0.25) is 0 Å². The first-order valence-electron chi connectivity index (χ1n) is 5.90. The van der Waals surface area contributed by atoms with Crippen molar-refractivity contribution in [2.45, 2.75) is 40.0 Å². The molecule has 0 saturated carbocycles. The highest BCUT2D eigenvalue weighted by Crippen LogP contribution is 2.12. The highest BCUT2D eigenvalue weighted by Gasteiger charge is 2.05. The van der Waals surface area contributed by atoms with Gasteiger partial charge >= 0.3 is 0 Å². The minimum atomic E-state index is 0.777. The van der Waals surface area contributed by atoms with Gasteiger partial charge in [-0.15, -0.1) is 0 Å². The summed E-state index contributed by atoms with van der Waals surface area (Å²) in [6, 6.07) is 0. The Hall–Kier alpha value is 0.310. The molecule has 0 aromatic heterocycles. The standard InChI is InChI=1S/C12H27NS/c1-5-12(7-6-8-14-4)10-13-9-11(2)3/h11-13H,5-10H2,1-4H3. The van der Waals surface area contributed by atoms with Gasteiger partial charge in [0.25, 0.3) is 0 Å². The lowest BCUT2D eigenvalue weighted by molar-refractivity contribution is 0.414. The van der Waals surface area contributed by atoms with Gasteiger partial charge in [0.2, 0.25) is 0 Å². The van der Waals surface area contributed by atoms with E-state index < -0.39 is 0 Å². The van der Waals surface area contributed by atoms with Gasteiger partial charge in [-0.25, -0.2) is 0 Å². The Morgan fingerprint density at radius 1 is 1.21 bits per heavy atom. The molecule has 0 bridgehead atoms. The van der Waals surface area contributed by atoms with Gasteiger partial charge in [-0.05, 0) is 49.8 Å². The summed E-state index contributed by atoms with van der Waals surface area (Å²) < 4.78 is 0. The number of thioether (sulfide) groups is 1. The van der Waals surface area contributed by atoms with Gasteiger partial charge in [0.05, 0.1) is 0 Å². The minimum absolute atomic E-state index is 0.777. The van der Waals surface area contributed by atoms with Crippen molar-refractivity contribution in [2.75, 3.05) is 25.1 Å². The molecule has 0 rings (SSSR count). The van der Waals surface area contributed by atoms with E-state index in [0.717, 1.165) is 11.8 Å². The van der Waals surface area contributed by atoms with E-state index in [1.165, 1.54) is 38.1 Å². The van der Waals surface area contributed by atoms with Crippen molar-refractivity contribution >= 4 is 11.8 Å². The lowest BCUT2D eigenvalue weighted by Crippen LogP contribution is -2.26. The van der Waals surface area contributed by atoms with Crippen molar-refractivity contribution in [3.8, 4) is 0 Å². The molecule has 0 radical (unpaired) electrons. The average Bonchev–Trinajstić information content (AvgIpc) is 2.15. The fraction of sp³-hybridized carbons (Fsp3) is 1.00. The smallest absolute Gasteiger partial charge is 0.00205 e. The molecule has 1 nitrogen and oxygen atoms in total. The Kier molecular flexibility index (Phi) is 10.1. The maximum Gasteiger partial charge on any atom is -0.00205 e. The predicted molar refractivity (Wildman–Crippen MR) is 69.1 cm³/mol. The number of hydrogen-bond donors (Lipinski definition) is 1. The third-order valence-corrected chi connectivity index (χ3v) is 3.22. The van der Waals surface area contributed by atoms with E-state index in [-0.39, 0.29) is 0 Å². The van der Waals surface area contributed by atoms with Gasteiger partial charge in [0, 0.05) is 0 Å². The van der Waals surface area contributed by atoms with Gasteiger partial charge in [-0.1, -0.05) is 27.2 Å². The van der Waals surface area contributed by atoms with E-state index in [1.807, 2.05) is 11.8 Å². The molecular formula is C12H27NS. The average molecular weight is 217 g/mol. The van der Waals surface area contributed by atoms with Crippen LogP contribution in [0.1, 0.15) is 40.0 Å². The predicted octanol–water partition coefficient (Wildman–Crippen LogP) is 3.40. The van der Waals surface area contributed by atoms with Crippen molar-refractivity contribution in [1.29, 1.82) is 0 Å². The van der Waals surface area contributed by atoms with Crippen molar-refractivity contribution in [1.82, 2.24) is 5.32 Å². The van der Waals surface area contributed by atoms with Crippen LogP contribution in [-0.2, 0) is 0 Å². The SMILES string of the molecule is CCC(CCCSC)CNCC(C)C. The Morgan fingerprint density at radius 2 is 1.93 bits per heavy atom. The van der Waals surface area contributed by atoms with Crippen LogP contribution in [0.3, 0.4) is 0 Å². The molecule has 0 heterocycles. The van der Waals surface area contributed by atoms with E-state index in [1.54, 1.807) is 0 Å². The lowest BCUT2D eigenvalue weighted by atomic mass is 10.0. The second kappa shape index (κ2) is 9.85. The topological polar surface area (TPSA) is 12.0 Å². The van der Waals surface area contributed by atoms with Crippen molar-refractivity contribution in [2.24, 2.45) is 11.8 Å². The van der Waals surface area contributed by atoms with Gasteiger partial charge < -0.3 is 5.32 Å². The zero-order chi connectivity index (χ0) is 10.8. The van der Waals surface area contributed by atoms with Gasteiger partial charge in [-0.2, -0.15) is 11.8 Å². The fourth-order valence-corrected chi connectivity index (χ4v) is 2.00. The summed E-state index contributed by atoms with van der Waals surface area (Å²) in [5, 5.41) is 3.56. The van der Waals surface area contributed by atoms with Crippen LogP contribution >= 0.6 is 11.8 Å². The highest BCUT2D eigenvalue weighted by atomic mass is 32.2. The monoisotopic (exact) mass is 217 g/mol. The van der Waals surface area contributed by atoms with Crippen LogP contribution in [0.25, 0.3) is 0 Å². The first-order chi connectivity index (χ1) is 6.70. The summed E-state index contributed by atoms with van der Waals surface area (Å²) >= 11 is 1.96. The van der Waals surface area contributed by atoms with Gasteiger partial charge in [0.1, 0.15) is 0 Å². The fourth-order valence-electron chi connectivity index (χ4n) is 1.54. The third-order valence-electron chi connectivity index (χ3n) is 2.52. The summed E-state index contributed by atoms with van der Waals surface area (Å²) in [5.41, 5.74) is 0. The van der Waals surface area contributed by atoms with Crippen LogP contribution in [0.5, 0.6) is 0 Å². The van der Waals surface area contributed by atoms with Crippen LogP contribution in [0, 0.1) is 11.8 Å². The summed E-state index contributed by atoms with van der Waals surface area (Å²) in [4.78, 5) is 0. The van der Waals surface area contributed by atoms with Crippen LogP contribution < -0.4 is 5.32 Å². The zero-order valence-corrected chi connectivity index (χ0v) is 11.1. The maximum atomic E-state index is 3.56.